The first-order valence-electron chi connectivity index (χ1n) is 6.41. The van der Waals surface area contributed by atoms with Gasteiger partial charge in [0.05, 0.1) is 0 Å². The molecule has 0 bridgehead atoms. The van der Waals surface area contributed by atoms with Gasteiger partial charge in [-0.3, -0.25) is 9.59 Å². The molecule has 1 amide bonds. The highest BCUT2D eigenvalue weighted by molar-refractivity contribution is 5.99. The summed E-state index contributed by atoms with van der Waals surface area (Å²) in [6, 6.07) is 7.89. The third-order valence-corrected chi connectivity index (χ3v) is 3.65. The average Bonchev–Trinajstić information content (AvgIpc) is 2.70. The summed E-state index contributed by atoms with van der Waals surface area (Å²) >= 11 is 0. The molecule has 0 aromatic heterocycles. The number of carboxylic acids is 1. The molecular formula is C15H19NO3. The van der Waals surface area contributed by atoms with Gasteiger partial charge in [0.15, 0.2) is 0 Å². The van der Waals surface area contributed by atoms with E-state index in [2.05, 4.69) is 26.1 Å². The molecule has 1 heterocycles. The maximum atomic E-state index is 11.5. The lowest BCUT2D eigenvalue weighted by atomic mass is 9.83. The number of amides is 1. The first-order valence-corrected chi connectivity index (χ1v) is 6.41. The number of nitrogens with one attached hydrogen (secondary N) is 1. The fourth-order valence-corrected chi connectivity index (χ4v) is 2.45. The maximum Gasteiger partial charge on any atom is 0.316 e. The first kappa shape index (κ1) is 13.6. The number of hydrogen-bond acceptors (Lipinski definition) is 2. The fourth-order valence-electron chi connectivity index (χ4n) is 2.45. The second-order valence-electron chi connectivity index (χ2n) is 6.04. The Kier molecular flexibility index (Phi) is 3.35. The predicted molar refractivity (Wildman–Crippen MR) is 72.0 cm³/mol. The maximum absolute atomic E-state index is 11.5. The second kappa shape index (κ2) is 4.68. The molecule has 1 aromatic rings. The Labute approximate surface area is 112 Å². The summed E-state index contributed by atoms with van der Waals surface area (Å²) in [6.07, 6.45) is 0. The summed E-state index contributed by atoms with van der Waals surface area (Å²) in [5.41, 5.74) is 2.16. The normalized spacial score (nSPS) is 23.2. The topological polar surface area (TPSA) is 66.4 Å². The standard InChI is InChI=1S/C15H19NO3/c1-15(2,3)10-6-4-9(5-7-10)11-8-16-13(17)12(11)14(18)19/h4-7,11-12H,8H2,1-3H3,(H,16,17)(H,18,19)/t11-,12-/m0/s1. The van der Waals surface area contributed by atoms with Crippen molar-refractivity contribution in [3.8, 4) is 0 Å². The molecule has 0 saturated carbocycles. The Morgan fingerprint density at radius 1 is 1.26 bits per heavy atom. The van der Waals surface area contributed by atoms with Gasteiger partial charge in [0.1, 0.15) is 5.92 Å². The van der Waals surface area contributed by atoms with E-state index in [4.69, 9.17) is 5.11 Å². The Balaban J connectivity index is 2.28. The second-order valence-corrected chi connectivity index (χ2v) is 6.04. The zero-order chi connectivity index (χ0) is 14.2. The van der Waals surface area contributed by atoms with Crippen LogP contribution in [0.2, 0.25) is 0 Å². The lowest BCUT2D eigenvalue weighted by Gasteiger charge is -2.20. The predicted octanol–water partition coefficient (Wildman–Crippen LogP) is 1.90. The smallest absolute Gasteiger partial charge is 0.316 e. The number of hydrogen-bond donors (Lipinski definition) is 2. The van der Waals surface area contributed by atoms with Crippen molar-refractivity contribution in [3.05, 3.63) is 35.4 Å². The van der Waals surface area contributed by atoms with Gasteiger partial charge in [-0.2, -0.15) is 0 Å². The van der Waals surface area contributed by atoms with Crippen molar-refractivity contribution in [2.75, 3.05) is 6.54 Å². The Morgan fingerprint density at radius 3 is 2.32 bits per heavy atom. The van der Waals surface area contributed by atoms with Crippen molar-refractivity contribution >= 4 is 11.9 Å². The van der Waals surface area contributed by atoms with Crippen LogP contribution in [0, 0.1) is 5.92 Å². The van der Waals surface area contributed by atoms with Crippen molar-refractivity contribution in [3.63, 3.8) is 0 Å². The molecule has 102 valence electrons. The quantitative estimate of drug-likeness (QED) is 0.799. The molecule has 4 heteroatoms. The van der Waals surface area contributed by atoms with E-state index in [1.807, 2.05) is 24.3 Å². The zero-order valence-corrected chi connectivity index (χ0v) is 11.4. The number of carbonyl (C=O) groups is 2. The molecule has 1 aromatic carbocycles. The summed E-state index contributed by atoms with van der Waals surface area (Å²) in [5, 5.41) is 11.8. The summed E-state index contributed by atoms with van der Waals surface area (Å²) in [5.74, 6) is -2.70. The number of benzene rings is 1. The van der Waals surface area contributed by atoms with E-state index >= 15 is 0 Å². The van der Waals surface area contributed by atoms with Gasteiger partial charge < -0.3 is 10.4 Å². The Morgan fingerprint density at radius 2 is 1.84 bits per heavy atom. The van der Waals surface area contributed by atoms with E-state index in [0.29, 0.717) is 6.54 Å². The Hall–Kier alpha value is -1.84. The van der Waals surface area contributed by atoms with Crippen LogP contribution in [0.15, 0.2) is 24.3 Å². The fraction of sp³-hybridized carbons (Fsp3) is 0.467. The van der Waals surface area contributed by atoms with Gasteiger partial charge in [0.2, 0.25) is 5.91 Å². The first-order chi connectivity index (χ1) is 8.80. The lowest BCUT2D eigenvalue weighted by molar-refractivity contribution is -0.145. The average molecular weight is 261 g/mol. The minimum Gasteiger partial charge on any atom is -0.481 e. The summed E-state index contributed by atoms with van der Waals surface area (Å²) in [7, 11) is 0. The van der Waals surface area contributed by atoms with Crippen LogP contribution in [0.25, 0.3) is 0 Å². The van der Waals surface area contributed by atoms with Crippen molar-refractivity contribution in [1.82, 2.24) is 5.32 Å². The Bertz CT molecular complexity index is 499. The van der Waals surface area contributed by atoms with Crippen LogP contribution in [0.3, 0.4) is 0 Å². The summed E-state index contributed by atoms with van der Waals surface area (Å²) in [4.78, 5) is 22.7. The molecule has 1 fully saturated rings. The van der Waals surface area contributed by atoms with Crippen molar-refractivity contribution < 1.29 is 14.7 Å². The molecule has 0 aliphatic carbocycles. The van der Waals surface area contributed by atoms with Gasteiger partial charge in [0, 0.05) is 12.5 Å². The number of rotatable bonds is 2. The minimum atomic E-state index is -1.06. The van der Waals surface area contributed by atoms with Crippen LogP contribution in [0.1, 0.15) is 37.8 Å². The number of aliphatic carboxylic acids is 1. The third kappa shape index (κ3) is 2.62. The highest BCUT2D eigenvalue weighted by Gasteiger charge is 2.41. The molecular weight excluding hydrogens is 242 g/mol. The van der Waals surface area contributed by atoms with Crippen LogP contribution < -0.4 is 5.32 Å². The van der Waals surface area contributed by atoms with E-state index < -0.39 is 17.8 Å². The molecule has 4 nitrogen and oxygen atoms in total. The van der Waals surface area contributed by atoms with Crippen LogP contribution in [-0.2, 0) is 15.0 Å². The lowest BCUT2D eigenvalue weighted by Crippen LogP contribution is -2.26. The molecule has 1 aliphatic rings. The largest absolute Gasteiger partial charge is 0.481 e. The molecule has 1 aliphatic heterocycles. The van der Waals surface area contributed by atoms with Gasteiger partial charge in [-0.1, -0.05) is 45.0 Å². The van der Waals surface area contributed by atoms with E-state index in [1.54, 1.807) is 0 Å². The molecule has 0 radical (unpaired) electrons. The van der Waals surface area contributed by atoms with E-state index in [9.17, 15) is 9.59 Å². The van der Waals surface area contributed by atoms with E-state index in [-0.39, 0.29) is 11.3 Å². The molecule has 2 atom stereocenters. The van der Waals surface area contributed by atoms with Crippen molar-refractivity contribution in [1.29, 1.82) is 0 Å². The van der Waals surface area contributed by atoms with Crippen molar-refractivity contribution in [2.45, 2.75) is 32.1 Å². The van der Waals surface area contributed by atoms with Gasteiger partial charge in [0.25, 0.3) is 0 Å². The summed E-state index contributed by atoms with van der Waals surface area (Å²) < 4.78 is 0. The zero-order valence-electron chi connectivity index (χ0n) is 11.4. The van der Waals surface area contributed by atoms with E-state index in [1.165, 1.54) is 5.56 Å². The number of carboxylic acid groups (broad SMARTS) is 1. The molecule has 0 unspecified atom stereocenters. The van der Waals surface area contributed by atoms with Crippen LogP contribution in [0.4, 0.5) is 0 Å². The van der Waals surface area contributed by atoms with Crippen LogP contribution in [-0.4, -0.2) is 23.5 Å². The van der Waals surface area contributed by atoms with Gasteiger partial charge in [-0.15, -0.1) is 0 Å². The molecule has 1 saturated heterocycles. The highest BCUT2D eigenvalue weighted by atomic mass is 16.4. The minimum absolute atomic E-state index is 0.0640. The molecule has 0 spiro atoms. The summed E-state index contributed by atoms with van der Waals surface area (Å²) in [6.45, 7) is 6.78. The van der Waals surface area contributed by atoms with Gasteiger partial charge >= 0.3 is 5.97 Å². The molecule has 19 heavy (non-hydrogen) atoms. The molecule has 2 N–H and O–H groups in total. The van der Waals surface area contributed by atoms with E-state index in [0.717, 1.165) is 5.56 Å². The van der Waals surface area contributed by atoms with Gasteiger partial charge in [-0.25, -0.2) is 0 Å². The third-order valence-electron chi connectivity index (χ3n) is 3.65. The SMILES string of the molecule is CC(C)(C)c1ccc([C@@H]2CNC(=O)[C@H]2C(=O)O)cc1. The monoisotopic (exact) mass is 261 g/mol. The highest BCUT2D eigenvalue weighted by Crippen LogP contribution is 2.31. The van der Waals surface area contributed by atoms with Gasteiger partial charge in [-0.05, 0) is 16.5 Å². The number of carbonyl (C=O) groups excluding carboxylic acids is 1. The van der Waals surface area contributed by atoms with Crippen molar-refractivity contribution in [2.24, 2.45) is 5.92 Å². The molecule has 2 rings (SSSR count). The van der Waals surface area contributed by atoms with Crippen LogP contribution in [0.5, 0.6) is 0 Å². The van der Waals surface area contributed by atoms with Crippen LogP contribution >= 0.6 is 0 Å².